The Hall–Kier alpha value is -3.93. The Labute approximate surface area is 234 Å². The number of hydrogen-bond donors (Lipinski definition) is 1. The van der Waals surface area contributed by atoms with Gasteiger partial charge in [-0.25, -0.2) is 8.78 Å². The lowest BCUT2D eigenvalue weighted by molar-refractivity contribution is -0.130. The molecular weight excluding hydrogens is 540 g/mol. The molecule has 5 rings (SSSR count). The Morgan fingerprint density at radius 1 is 1.07 bits per heavy atom. The summed E-state index contributed by atoms with van der Waals surface area (Å²) >= 11 is 0.978. The van der Waals surface area contributed by atoms with Crippen LogP contribution in [-0.2, 0) is 16.0 Å². The summed E-state index contributed by atoms with van der Waals surface area (Å²) in [5.41, 5.74) is 1.68. The number of benzene rings is 2. The van der Waals surface area contributed by atoms with Crippen LogP contribution < -0.4 is 10.1 Å². The minimum absolute atomic E-state index is 0.0291. The largest absolute Gasteiger partial charge is 0.494 e. The molecule has 3 aromatic rings. The van der Waals surface area contributed by atoms with Gasteiger partial charge in [0, 0.05) is 44.2 Å². The second kappa shape index (κ2) is 12.1. The van der Waals surface area contributed by atoms with Crippen molar-refractivity contribution >= 4 is 29.4 Å². The van der Waals surface area contributed by atoms with Crippen molar-refractivity contribution in [1.29, 1.82) is 0 Å². The zero-order chi connectivity index (χ0) is 28.2. The van der Waals surface area contributed by atoms with Crippen molar-refractivity contribution < 1.29 is 27.9 Å². The number of amides is 3. The highest BCUT2D eigenvalue weighted by Gasteiger charge is 2.40. The zero-order valence-electron chi connectivity index (χ0n) is 21.9. The first-order chi connectivity index (χ1) is 19.3. The Balaban J connectivity index is 1.35. The van der Waals surface area contributed by atoms with E-state index in [4.69, 9.17) is 4.74 Å². The average molecular weight is 570 g/mol. The molecule has 0 radical (unpaired) electrons. The molecule has 0 spiro atoms. The maximum absolute atomic E-state index is 14.2. The van der Waals surface area contributed by atoms with Gasteiger partial charge >= 0.3 is 0 Å². The average Bonchev–Trinajstić information content (AvgIpc) is 3.59. The lowest BCUT2D eigenvalue weighted by Crippen LogP contribution is -2.42. The van der Waals surface area contributed by atoms with Crippen molar-refractivity contribution in [3.05, 3.63) is 76.6 Å². The summed E-state index contributed by atoms with van der Waals surface area (Å²) in [5, 5.41) is 2.94. The normalized spacial score (nSPS) is 19.8. The molecule has 40 heavy (non-hydrogen) atoms. The van der Waals surface area contributed by atoms with Crippen LogP contribution in [0.15, 0.2) is 42.5 Å². The molecule has 1 aromatic heterocycles. The van der Waals surface area contributed by atoms with Crippen molar-refractivity contribution in [3.63, 3.8) is 0 Å². The smallest absolute Gasteiger partial charge is 0.275 e. The van der Waals surface area contributed by atoms with Crippen molar-refractivity contribution in [2.45, 2.75) is 25.7 Å². The van der Waals surface area contributed by atoms with Crippen LogP contribution in [0.5, 0.6) is 5.75 Å². The van der Waals surface area contributed by atoms with Crippen molar-refractivity contribution in [1.82, 2.24) is 23.9 Å². The molecule has 2 bridgehead atoms. The second-order valence-corrected chi connectivity index (χ2v) is 10.5. The standard InChI is InChI=1S/C28H29F2N5O4S/c1-17-26(33-40-32-17)28(38)34-10-4-12-39-20-7-2-5-18(13-20)21-15-35(16-22(21)27(37)31-9-11-34)24(36)14-19-6-3-8-23(29)25(19)30/h2-3,5-8,13,21-22H,4,9-12,14-16H2,1H3,(H,31,37)/t21-,22+/m1/s1. The van der Waals surface area contributed by atoms with E-state index < -0.39 is 17.6 Å². The number of aryl methyl sites for hydroxylation is 1. The molecule has 2 aliphatic heterocycles. The van der Waals surface area contributed by atoms with Gasteiger partial charge in [0.2, 0.25) is 11.8 Å². The third-order valence-electron chi connectivity index (χ3n) is 7.33. The molecule has 3 amide bonds. The van der Waals surface area contributed by atoms with Crippen LogP contribution >= 0.6 is 11.7 Å². The molecule has 0 saturated carbocycles. The van der Waals surface area contributed by atoms with Gasteiger partial charge in [0.15, 0.2) is 17.3 Å². The first-order valence-corrected chi connectivity index (χ1v) is 13.8. The van der Waals surface area contributed by atoms with Crippen molar-refractivity contribution in [2.75, 3.05) is 39.3 Å². The Bertz CT molecular complexity index is 1420. The minimum atomic E-state index is -1.04. The van der Waals surface area contributed by atoms with E-state index >= 15 is 0 Å². The first kappa shape index (κ1) is 27.6. The number of carbonyl (C=O) groups is 3. The van der Waals surface area contributed by atoms with Gasteiger partial charge in [-0.3, -0.25) is 14.4 Å². The minimum Gasteiger partial charge on any atom is -0.494 e. The summed E-state index contributed by atoms with van der Waals surface area (Å²) in [6, 6.07) is 11.2. The molecule has 3 heterocycles. The summed E-state index contributed by atoms with van der Waals surface area (Å²) in [6.45, 7) is 3.39. The van der Waals surface area contributed by atoms with Crippen LogP contribution in [-0.4, -0.2) is 75.6 Å². The van der Waals surface area contributed by atoms with E-state index in [-0.39, 0.29) is 61.8 Å². The van der Waals surface area contributed by atoms with E-state index in [1.807, 2.05) is 24.3 Å². The number of nitrogens with zero attached hydrogens (tertiary/aromatic N) is 4. The van der Waals surface area contributed by atoms with Gasteiger partial charge in [0.1, 0.15) is 5.75 Å². The van der Waals surface area contributed by atoms with Crippen molar-refractivity contribution in [3.8, 4) is 5.75 Å². The number of nitrogens with one attached hydrogen (secondary N) is 1. The van der Waals surface area contributed by atoms with Gasteiger partial charge in [-0.2, -0.15) is 8.75 Å². The highest BCUT2D eigenvalue weighted by molar-refractivity contribution is 6.99. The monoisotopic (exact) mass is 569 g/mol. The number of carbonyl (C=O) groups excluding carboxylic acids is 3. The molecule has 1 fully saturated rings. The van der Waals surface area contributed by atoms with Gasteiger partial charge in [-0.05, 0) is 37.1 Å². The van der Waals surface area contributed by atoms with Gasteiger partial charge in [0.25, 0.3) is 5.91 Å². The Morgan fingerprint density at radius 2 is 1.88 bits per heavy atom. The van der Waals surface area contributed by atoms with E-state index in [2.05, 4.69) is 14.1 Å². The molecule has 2 atom stereocenters. The third-order valence-corrected chi connectivity index (χ3v) is 7.95. The van der Waals surface area contributed by atoms with E-state index in [1.54, 1.807) is 11.8 Å². The number of halogens is 2. The maximum Gasteiger partial charge on any atom is 0.275 e. The van der Waals surface area contributed by atoms with Crippen LogP contribution in [0.3, 0.4) is 0 Å². The fourth-order valence-corrected chi connectivity index (χ4v) is 5.73. The Morgan fingerprint density at radius 3 is 2.67 bits per heavy atom. The number of hydrogen-bond acceptors (Lipinski definition) is 7. The van der Waals surface area contributed by atoms with Gasteiger partial charge < -0.3 is 19.9 Å². The lowest BCUT2D eigenvalue weighted by atomic mass is 9.88. The zero-order valence-corrected chi connectivity index (χ0v) is 22.8. The maximum atomic E-state index is 14.2. The summed E-state index contributed by atoms with van der Waals surface area (Å²) in [6.07, 6.45) is 0.265. The lowest BCUT2D eigenvalue weighted by Gasteiger charge is -2.24. The van der Waals surface area contributed by atoms with E-state index in [0.29, 0.717) is 36.7 Å². The van der Waals surface area contributed by atoms with Crippen LogP contribution in [0.4, 0.5) is 8.78 Å². The molecule has 1 saturated heterocycles. The SMILES string of the molecule is Cc1nsnc1C(=O)N1CCCOc2cccc(c2)[C@H]2CN(C(=O)Cc3cccc(F)c3F)C[C@@H]2C(=O)NCC1. The van der Waals surface area contributed by atoms with Crippen LogP contribution in [0, 0.1) is 24.5 Å². The number of ether oxygens (including phenoxy) is 1. The molecule has 2 aliphatic rings. The molecule has 210 valence electrons. The predicted octanol–water partition coefficient (Wildman–Crippen LogP) is 2.95. The molecule has 12 heteroatoms. The molecular formula is C28H29F2N5O4S. The van der Waals surface area contributed by atoms with E-state index in [1.165, 1.54) is 17.0 Å². The molecule has 1 N–H and O–H groups in total. The van der Waals surface area contributed by atoms with Crippen LogP contribution in [0.25, 0.3) is 0 Å². The topological polar surface area (TPSA) is 105 Å². The van der Waals surface area contributed by atoms with Gasteiger partial charge in [-0.15, -0.1) is 0 Å². The molecule has 0 unspecified atom stereocenters. The highest BCUT2D eigenvalue weighted by Crippen LogP contribution is 2.35. The number of rotatable bonds is 3. The third kappa shape index (κ3) is 5.96. The van der Waals surface area contributed by atoms with E-state index in [9.17, 15) is 23.2 Å². The molecule has 9 nitrogen and oxygen atoms in total. The molecule has 0 aliphatic carbocycles. The second-order valence-electron chi connectivity index (χ2n) is 9.96. The Kier molecular flexibility index (Phi) is 8.34. The summed E-state index contributed by atoms with van der Waals surface area (Å²) in [7, 11) is 0. The van der Waals surface area contributed by atoms with Crippen molar-refractivity contribution in [2.24, 2.45) is 5.92 Å². The fourth-order valence-electron chi connectivity index (χ4n) is 5.19. The summed E-state index contributed by atoms with van der Waals surface area (Å²) < 4.78 is 42.1. The fraction of sp³-hybridized carbons (Fsp3) is 0.393. The van der Waals surface area contributed by atoms with E-state index in [0.717, 1.165) is 23.4 Å². The predicted molar refractivity (Wildman–Crippen MR) is 143 cm³/mol. The summed E-state index contributed by atoms with van der Waals surface area (Å²) in [4.78, 5) is 42.9. The quantitative estimate of drug-likeness (QED) is 0.520. The first-order valence-electron chi connectivity index (χ1n) is 13.1. The van der Waals surface area contributed by atoms with Gasteiger partial charge in [-0.1, -0.05) is 24.3 Å². The van der Waals surface area contributed by atoms with Gasteiger partial charge in [0.05, 0.1) is 36.4 Å². The van der Waals surface area contributed by atoms with Crippen LogP contribution in [0.2, 0.25) is 0 Å². The van der Waals surface area contributed by atoms with Crippen LogP contribution in [0.1, 0.15) is 39.6 Å². The highest BCUT2D eigenvalue weighted by atomic mass is 32.1. The summed E-state index contributed by atoms with van der Waals surface area (Å²) in [5.74, 6) is -3.22. The number of aromatic nitrogens is 2. The number of fused-ring (bicyclic) bond motifs is 4. The number of likely N-dealkylation sites (tertiary alicyclic amines) is 1. The molecule has 2 aromatic carbocycles.